The number of carboxylic acids is 1. The van der Waals surface area contributed by atoms with Crippen molar-refractivity contribution >= 4 is 5.97 Å². The fourth-order valence-corrected chi connectivity index (χ4v) is 2.81. The van der Waals surface area contributed by atoms with Crippen molar-refractivity contribution in [3.8, 4) is 0 Å². The molecule has 0 aromatic carbocycles. The smallest absolute Gasteiger partial charge is 0.544 e. The van der Waals surface area contributed by atoms with E-state index in [2.05, 4.69) is 0 Å². The first-order chi connectivity index (χ1) is 8.65. The van der Waals surface area contributed by atoms with Crippen LogP contribution >= 0.6 is 0 Å². The van der Waals surface area contributed by atoms with Gasteiger partial charge in [-0.1, -0.05) is 0 Å². The van der Waals surface area contributed by atoms with Crippen LogP contribution in [0.4, 0.5) is 0 Å². The summed E-state index contributed by atoms with van der Waals surface area (Å²) in [5.74, 6) is -5.27. The monoisotopic (exact) mass is 312 g/mol. The largest absolute Gasteiger partial charge is 1.00 e. The molecule has 0 aliphatic carbocycles. The number of carbonyl (C=O) groups is 1. The third kappa shape index (κ3) is 2.64. The van der Waals surface area contributed by atoms with Gasteiger partial charge >= 0.3 is 51.4 Å². The van der Waals surface area contributed by atoms with E-state index in [0.29, 0.717) is 0 Å². The minimum atomic E-state index is -1.93. The molecule has 3 fully saturated rings. The van der Waals surface area contributed by atoms with Crippen molar-refractivity contribution in [3.63, 3.8) is 0 Å². The number of ether oxygens (including phenoxy) is 5. The average molecular weight is 312 g/mol. The first-order valence-corrected chi connectivity index (χ1v) is 6.24. The van der Waals surface area contributed by atoms with E-state index < -0.39 is 41.6 Å². The van der Waals surface area contributed by atoms with Crippen LogP contribution in [0.25, 0.3) is 0 Å². The summed E-state index contributed by atoms with van der Waals surface area (Å²) in [6.45, 7) is 6.97. The Bertz CT molecular complexity index is 424. The van der Waals surface area contributed by atoms with Crippen LogP contribution in [-0.2, 0) is 28.5 Å². The van der Waals surface area contributed by atoms with Crippen molar-refractivity contribution < 1.29 is 85.0 Å². The third-order valence-electron chi connectivity index (χ3n) is 3.47. The van der Waals surface area contributed by atoms with Crippen LogP contribution in [0.1, 0.15) is 27.7 Å². The van der Waals surface area contributed by atoms with Gasteiger partial charge in [0.15, 0.2) is 11.6 Å². The molecule has 4 unspecified atom stereocenters. The van der Waals surface area contributed by atoms with Crippen LogP contribution < -0.4 is 56.5 Å². The Morgan fingerprint density at radius 2 is 1.75 bits per heavy atom. The zero-order valence-electron chi connectivity index (χ0n) is 12.3. The summed E-state index contributed by atoms with van der Waals surface area (Å²) in [6.07, 6.45) is -1.99. The van der Waals surface area contributed by atoms with Crippen molar-refractivity contribution in [2.75, 3.05) is 6.61 Å². The number of hydrogen-bond acceptors (Lipinski definition) is 7. The number of rotatable bonds is 1. The molecule has 20 heavy (non-hydrogen) atoms. The summed E-state index contributed by atoms with van der Waals surface area (Å²) in [6, 6.07) is 0. The SMILES string of the molecule is CC1(C)OCC2OC3(C(=O)[O-])OC(C)(C)OC3C2O1.[K+]. The molecule has 3 aliphatic heterocycles. The zero-order chi connectivity index (χ0) is 14.1. The maximum Gasteiger partial charge on any atom is 1.00 e. The standard InChI is InChI=1S/C12H18O7.K/c1-10(2)15-5-6-7(17-10)8-12(16-6,9(13)14)19-11(3,4)18-8;/h6-8H,5H2,1-4H3,(H,13,14);/q;+1/p-1. The van der Waals surface area contributed by atoms with Gasteiger partial charge in [0.1, 0.15) is 24.3 Å². The maximum absolute atomic E-state index is 11.5. The second-order valence-corrected chi connectivity index (χ2v) is 5.94. The summed E-state index contributed by atoms with van der Waals surface area (Å²) < 4.78 is 27.8. The first kappa shape index (κ1) is 17.3. The number of aliphatic carboxylic acids is 1. The first-order valence-electron chi connectivity index (χ1n) is 6.24. The number of hydrogen-bond donors (Lipinski definition) is 0. The molecule has 3 aliphatic rings. The van der Waals surface area contributed by atoms with Crippen molar-refractivity contribution in [2.45, 2.75) is 63.4 Å². The van der Waals surface area contributed by atoms with Crippen molar-refractivity contribution in [1.29, 1.82) is 0 Å². The Morgan fingerprint density at radius 3 is 2.35 bits per heavy atom. The molecular formula is C12H17KO7. The van der Waals surface area contributed by atoms with Gasteiger partial charge in [0.25, 0.3) is 0 Å². The predicted octanol–water partition coefficient (Wildman–Crippen LogP) is -3.86. The second kappa shape index (κ2) is 5.22. The van der Waals surface area contributed by atoms with Gasteiger partial charge in [-0.05, 0) is 27.7 Å². The summed E-state index contributed by atoms with van der Waals surface area (Å²) in [4.78, 5) is 11.5. The summed E-state index contributed by atoms with van der Waals surface area (Å²) in [5, 5.41) is 11.5. The molecule has 0 spiro atoms. The maximum atomic E-state index is 11.5. The molecule has 3 heterocycles. The van der Waals surface area contributed by atoms with Gasteiger partial charge in [0, 0.05) is 0 Å². The molecule has 108 valence electrons. The van der Waals surface area contributed by atoms with E-state index in [1.165, 1.54) is 0 Å². The van der Waals surface area contributed by atoms with E-state index in [1.54, 1.807) is 27.7 Å². The molecule has 0 saturated carbocycles. The normalized spacial score (nSPS) is 44.3. The zero-order valence-corrected chi connectivity index (χ0v) is 15.4. The van der Waals surface area contributed by atoms with Crippen LogP contribution in [0.15, 0.2) is 0 Å². The number of carboxylic acid groups (broad SMARTS) is 1. The van der Waals surface area contributed by atoms with Gasteiger partial charge in [0.2, 0.25) is 5.79 Å². The van der Waals surface area contributed by atoms with E-state index in [1.807, 2.05) is 0 Å². The summed E-state index contributed by atoms with van der Waals surface area (Å²) >= 11 is 0. The van der Waals surface area contributed by atoms with Gasteiger partial charge < -0.3 is 33.6 Å². The predicted molar refractivity (Wildman–Crippen MR) is 57.6 cm³/mol. The second-order valence-electron chi connectivity index (χ2n) is 5.94. The molecule has 3 rings (SSSR count). The molecule has 0 aromatic rings. The molecule has 4 atom stereocenters. The van der Waals surface area contributed by atoms with E-state index in [9.17, 15) is 9.90 Å². The Labute approximate surface area is 159 Å². The molecule has 3 saturated heterocycles. The summed E-state index contributed by atoms with van der Waals surface area (Å²) in [5.41, 5.74) is 0. The third-order valence-corrected chi connectivity index (χ3v) is 3.47. The summed E-state index contributed by atoms with van der Waals surface area (Å²) in [7, 11) is 0. The fraction of sp³-hybridized carbons (Fsp3) is 0.917. The quantitative estimate of drug-likeness (QED) is 0.458. The fourth-order valence-electron chi connectivity index (χ4n) is 2.81. The molecule has 0 radical (unpaired) electrons. The Balaban J connectivity index is 0.00000147. The molecule has 0 bridgehead atoms. The minimum Gasteiger partial charge on any atom is -0.544 e. The average Bonchev–Trinajstić information content (AvgIpc) is 2.67. The Morgan fingerprint density at radius 1 is 1.10 bits per heavy atom. The van der Waals surface area contributed by atoms with E-state index in [0.717, 1.165) is 0 Å². The molecular weight excluding hydrogens is 295 g/mol. The van der Waals surface area contributed by atoms with Gasteiger partial charge in [-0.25, -0.2) is 0 Å². The van der Waals surface area contributed by atoms with Gasteiger partial charge in [-0.2, -0.15) is 0 Å². The van der Waals surface area contributed by atoms with Crippen molar-refractivity contribution in [2.24, 2.45) is 0 Å². The Hall–Kier alpha value is 0.906. The van der Waals surface area contributed by atoms with E-state index in [4.69, 9.17) is 23.7 Å². The number of carbonyl (C=O) groups excluding carboxylic acids is 1. The topological polar surface area (TPSA) is 86.3 Å². The van der Waals surface area contributed by atoms with E-state index in [-0.39, 0.29) is 58.0 Å². The minimum absolute atomic E-state index is 0. The number of fused-ring (bicyclic) bond motifs is 3. The molecule has 7 nitrogen and oxygen atoms in total. The van der Waals surface area contributed by atoms with Crippen LogP contribution in [0.3, 0.4) is 0 Å². The van der Waals surface area contributed by atoms with Crippen molar-refractivity contribution in [3.05, 3.63) is 0 Å². The molecule has 0 N–H and O–H groups in total. The van der Waals surface area contributed by atoms with Crippen LogP contribution in [0.5, 0.6) is 0 Å². The Kier molecular flexibility index (Phi) is 4.51. The van der Waals surface area contributed by atoms with Crippen molar-refractivity contribution in [1.82, 2.24) is 0 Å². The van der Waals surface area contributed by atoms with Crippen LogP contribution in [0.2, 0.25) is 0 Å². The van der Waals surface area contributed by atoms with Crippen LogP contribution in [-0.4, -0.2) is 48.2 Å². The van der Waals surface area contributed by atoms with E-state index >= 15 is 0 Å². The molecule has 0 aromatic heterocycles. The van der Waals surface area contributed by atoms with Gasteiger partial charge in [-0.3, -0.25) is 0 Å². The molecule has 0 amide bonds. The van der Waals surface area contributed by atoms with Gasteiger partial charge in [0.05, 0.1) is 6.61 Å². The molecule has 8 heteroatoms. The van der Waals surface area contributed by atoms with Gasteiger partial charge in [-0.15, -0.1) is 0 Å². The van der Waals surface area contributed by atoms with Crippen LogP contribution in [0, 0.1) is 0 Å².